The third kappa shape index (κ3) is 3.18. The van der Waals surface area contributed by atoms with E-state index in [1.54, 1.807) is 6.33 Å². The van der Waals surface area contributed by atoms with Gasteiger partial charge >= 0.3 is 0 Å². The van der Waals surface area contributed by atoms with Crippen LogP contribution in [-0.4, -0.2) is 47.4 Å². The van der Waals surface area contributed by atoms with E-state index in [-0.39, 0.29) is 0 Å². The summed E-state index contributed by atoms with van der Waals surface area (Å²) in [6.45, 7) is 3.02. The molecule has 1 saturated heterocycles. The van der Waals surface area contributed by atoms with Gasteiger partial charge in [0.15, 0.2) is 5.65 Å². The zero-order valence-electron chi connectivity index (χ0n) is 15.9. The summed E-state index contributed by atoms with van der Waals surface area (Å²) in [4.78, 5) is 7.19. The van der Waals surface area contributed by atoms with Crippen LogP contribution in [0.2, 0.25) is 0 Å². The Morgan fingerprint density at radius 1 is 1.07 bits per heavy atom. The Morgan fingerprint density at radius 3 is 2.64 bits per heavy atom. The first kappa shape index (κ1) is 17.1. The third-order valence-corrected chi connectivity index (χ3v) is 5.60. The van der Waals surface area contributed by atoms with Gasteiger partial charge in [-0.15, -0.1) is 10.2 Å². The Labute approximate surface area is 163 Å². The maximum atomic E-state index is 4.70. The van der Waals surface area contributed by atoms with E-state index in [1.165, 1.54) is 5.56 Å². The molecule has 0 aliphatic carbocycles. The van der Waals surface area contributed by atoms with Crippen LogP contribution < -0.4 is 0 Å². The fourth-order valence-corrected chi connectivity index (χ4v) is 4.09. The first-order valence-corrected chi connectivity index (χ1v) is 9.72. The monoisotopic (exact) mass is 373 g/mol. The highest BCUT2D eigenvalue weighted by Crippen LogP contribution is 2.27. The number of benzene rings is 1. The third-order valence-electron chi connectivity index (χ3n) is 5.60. The summed E-state index contributed by atoms with van der Waals surface area (Å²) in [6, 6.07) is 10.3. The average molecular weight is 373 g/mol. The molecule has 4 aromatic rings. The van der Waals surface area contributed by atoms with Crippen molar-refractivity contribution in [1.82, 2.24) is 34.3 Å². The van der Waals surface area contributed by atoms with Gasteiger partial charge in [-0.1, -0.05) is 30.3 Å². The summed E-state index contributed by atoms with van der Waals surface area (Å²) < 4.78 is 3.93. The molecule has 7 heteroatoms. The smallest absolute Gasteiger partial charge is 0.162 e. The van der Waals surface area contributed by atoms with Crippen LogP contribution in [-0.2, 0) is 13.6 Å². The summed E-state index contributed by atoms with van der Waals surface area (Å²) >= 11 is 0. The van der Waals surface area contributed by atoms with Crippen LogP contribution in [0.25, 0.3) is 16.8 Å². The maximum Gasteiger partial charge on any atom is 0.162 e. The fourth-order valence-electron chi connectivity index (χ4n) is 4.09. The second-order valence-corrected chi connectivity index (χ2v) is 7.51. The van der Waals surface area contributed by atoms with E-state index in [4.69, 9.17) is 4.98 Å². The number of hydrogen-bond donors (Lipinski definition) is 0. The Bertz CT molecular complexity index is 1070. The van der Waals surface area contributed by atoms with Gasteiger partial charge in [-0.25, -0.2) is 9.50 Å². The normalized spacial score (nSPS) is 16.0. The highest BCUT2D eigenvalue weighted by molar-refractivity contribution is 5.76. The Kier molecular flexibility index (Phi) is 4.37. The highest BCUT2D eigenvalue weighted by atomic mass is 15.3. The number of rotatable bonds is 4. The van der Waals surface area contributed by atoms with Crippen LogP contribution >= 0.6 is 0 Å². The van der Waals surface area contributed by atoms with E-state index >= 15 is 0 Å². The molecule has 0 bridgehead atoms. The SMILES string of the molecule is Cn1cnnc1C1CCN(Cc2cnc3c(-c4ccccc4)cnn3c2)CC1. The van der Waals surface area contributed by atoms with Crippen molar-refractivity contribution in [1.29, 1.82) is 0 Å². The molecule has 0 amide bonds. The number of likely N-dealkylation sites (tertiary alicyclic amines) is 1. The van der Waals surface area contributed by atoms with E-state index in [9.17, 15) is 0 Å². The van der Waals surface area contributed by atoms with E-state index < -0.39 is 0 Å². The van der Waals surface area contributed by atoms with Crippen LogP contribution in [0.3, 0.4) is 0 Å². The topological polar surface area (TPSA) is 64.1 Å². The quantitative estimate of drug-likeness (QED) is 0.550. The molecule has 28 heavy (non-hydrogen) atoms. The van der Waals surface area contributed by atoms with Crippen molar-refractivity contribution in [3.63, 3.8) is 0 Å². The molecule has 0 radical (unpaired) electrons. The number of aryl methyl sites for hydroxylation is 1. The number of fused-ring (bicyclic) bond motifs is 1. The molecule has 1 fully saturated rings. The Balaban J connectivity index is 1.28. The van der Waals surface area contributed by atoms with E-state index in [0.29, 0.717) is 5.92 Å². The largest absolute Gasteiger partial charge is 0.320 e. The van der Waals surface area contributed by atoms with Crippen LogP contribution in [0.5, 0.6) is 0 Å². The fraction of sp³-hybridized carbons (Fsp3) is 0.333. The molecular weight excluding hydrogens is 350 g/mol. The van der Waals surface area contributed by atoms with Gasteiger partial charge < -0.3 is 4.57 Å². The summed E-state index contributed by atoms with van der Waals surface area (Å²) in [5.74, 6) is 1.61. The first-order chi connectivity index (χ1) is 13.8. The molecule has 7 nitrogen and oxygen atoms in total. The molecule has 5 rings (SSSR count). The molecule has 1 aromatic carbocycles. The zero-order valence-corrected chi connectivity index (χ0v) is 15.9. The van der Waals surface area contributed by atoms with Gasteiger partial charge in [-0.3, -0.25) is 4.90 Å². The van der Waals surface area contributed by atoms with Gasteiger partial charge in [-0.2, -0.15) is 5.10 Å². The molecule has 0 spiro atoms. The van der Waals surface area contributed by atoms with Gasteiger partial charge in [0.05, 0.1) is 6.20 Å². The summed E-state index contributed by atoms with van der Waals surface area (Å²) in [6.07, 6.45) is 10.00. The lowest BCUT2D eigenvalue weighted by Crippen LogP contribution is -2.33. The minimum atomic E-state index is 0.504. The van der Waals surface area contributed by atoms with Gasteiger partial charge in [-0.05, 0) is 31.5 Å². The highest BCUT2D eigenvalue weighted by Gasteiger charge is 2.24. The minimum absolute atomic E-state index is 0.504. The van der Waals surface area contributed by atoms with Crippen LogP contribution in [0, 0.1) is 0 Å². The molecule has 0 saturated carbocycles. The second kappa shape index (κ2) is 7.16. The molecule has 3 aromatic heterocycles. The van der Waals surface area contributed by atoms with Crippen molar-refractivity contribution in [2.45, 2.75) is 25.3 Å². The lowest BCUT2D eigenvalue weighted by molar-refractivity contribution is 0.200. The molecule has 0 N–H and O–H groups in total. The molecule has 0 atom stereocenters. The molecular formula is C21H23N7. The van der Waals surface area contributed by atoms with Crippen LogP contribution in [0.4, 0.5) is 0 Å². The molecule has 1 aliphatic heterocycles. The number of hydrogen-bond acceptors (Lipinski definition) is 5. The first-order valence-electron chi connectivity index (χ1n) is 9.72. The van der Waals surface area contributed by atoms with Crippen LogP contribution in [0.1, 0.15) is 30.1 Å². The van der Waals surface area contributed by atoms with E-state index in [0.717, 1.165) is 55.1 Å². The number of aromatic nitrogens is 6. The van der Waals surface area contributed by atoms with Gasteiger partial charge in [0, 0.05) is 43.0 Å². The lowest BCUT2D eigenvalue weighted by Gasteiger charge is -2.31. The van der Waals surface area contributed by atoms with Crippen molar-refractivity contribution in [2.24, 2.45) is 7.05 Å². The van der Waals surface area contributed by atoms with E-state index in [2.05, 4.69) is 38.5 Å². The number of nitrogens with zero attached hydrogens (tertiary/aromatic N) is 7. The van der Waals surface area contributed by atoms with Crippen molar-refractivity contribution >= 4 is 5.65 Å². The Morgan fingerprint density at radius 2 is 1.89 bits per heavy atom. The predicted molar refractivity (Wildman–Crippen MR) is 107 cm³/mol. The molecule has 1 aliphatic rings. The zero-order chi connectivity index (χ0) is 18.9. The standard InChI is InChI=1S/C21H23N7/c1-26-15-23-25-20(26)18-7-9-27(10-8-18)13-16-11-22-21-19(12-24-28(21)14-16)17-5-3-2-4-6-17/h2-6,11-12,14-15,18H,7-10,13H2,1H3. The van der Waals surface area contributed by atoms with Gasteiger partial charge in [0.1, 0.15) is 12.2 Å². The second-order valence-electron chi connectivity index (χ2n) is 7.51. The van der Waals surface area contributed by atoms with Crippen LogP contribution in [0.15, 0.2) is 55.2 Å². The summed E-state index contributed by atoms with van der Waals surface area (Å²) in [5.41, 5.74) is 4.29. The van der Waals surface area contributed by atoms with Crippen molar-refractivity contribution in [3.8, 4) is 11.1 Å². The molecule has 0 unspecified atom stereocenters. The number of piperidine rings is 1. The average Bonchev–Trinajstić information content (AvgIpc) is 3.35. The molecule has 4 heterocycles. The van der Waals surface area contributed by atoms with Crippen molar-refractivity contribution in [2.75, 3.05) is 13.1 Å². The summed E-state index contributed by atoms with van der Waals surface area (Å²) in [7, 11) is 2.02. The van der Waals surface area contributed by atoms with Gasteiger partial charge in [0.25, 0.3) is 0 Å². The molecule has 142 valence electrons. The maximum absolute atomic E-state index is 4.70. The minimum Gasteiger partial charge on any atom is -0.320 e. The van der Waals surface area contributed by atoms with Crippen molar-refractivity contribution < 1.29 is 0 Å². The van der Waals surface area contributed by atoms with Crippen molar-refractivity contribution in [3.05, 3.63) is 66.6 Å². The lowest BCUT2D eigenvalue weighted by atomic mass is 9.96. The Hall–Kier alpha value is -3.06. The van der Waals surface area contributed by atoms with E-state index in [1.807, 2.05) is 46.7 Å². The summed E-state index contributed by atoms with van der Waals surface area (Å²) in [5, 5.41) is 12.8. The predicted octanol–water partition coefficient (Wildman–Crippen LogP) is 2.90. The van der Waals surface area contributed by atoms with Gasteiger partial charge in [0.2, 0.25) is 0 Å².